The second-order valence-corrected chi connectivity index (χ2v) is 7.54. The van der Waals surface area contributed by atoms with Crippen LogP contribution in [0.2, 0.25) is 0 Å². The second kappa shape index (κ2) is 4.62. The van der Waals surface area contributed by atoms with E-state index in [0.717, 1.165) is 35.4 Å². The fraction of sp³-hybridized carbons (Fsp3) is 0.625. The maximum atomic E-state index is 4.81. The van der Waals surface area contributed by atoms with E-state index in [-0.39, 0.29) is 5.41 Å². The topological polar surface area (TPSA) is 41.6 Å². The predicted molar refractivity (Wildman–Crippen MR) is 80.4 cm³/mol. The molecule has 1 N–H and O–H groups in total. The summed E-state index contributed by atoms with van der Waals surface area (Å²) in [5.41, 5.74) is 3.59. The van der Waals surface area contributed by atoms with Gasteiger partial charge in [-0.3, -0.25) is 0 Å². The molecule has 0 atom stereocenters. The fourth-order valence-electron chi connectivity index (χ4n) is 2.02. The first kappa shape index (κ1) is 14.0. The predicted octanol–water partition coefficient (Wildman–Crippen LogP) is 4.23. The lowest BCUT2D eigenvalue weighted by Gasteiger charge is -2.20. The summed E-state index contributed by atoms with van der Waals surface area (Å²) >= 11 is 0. The summed E-state index contributed by atoms with van der Waals surface area (Å²) in [6.45, 7) is 13.3. The van der Waals surface area contributed by atoms with E-state index in [2.05, 4.69) is 51.5 Å². The second-order valence-electron chi connectivity index (χ2n) is 7.54. The summed E-state index contributed by atoms with van der Waals surface area (Å²) in [7, 11) is 0. The van der Waals surface area contributed by atoms with Crippen molar-refractivity contribution in [3.8, 4) is 0 Å². The van der Waals surface area contributed by atoms with Gasteiger partial charge in [0.15, 0.2) is 0 Å². The quantitative estimate of drug-likeness (QED) is 0.876. The summed E-state index contributed by atoms with van der Waals surface area (Å²) in [6, 6.07) is 2.03. The van der Waals surface area contributed by atoms with Crippen LogP contribution in [0.1, 0.15) is 59.5 Å². The molecule has 0 unspecified atom stereocenters. The maximum absolute atomic E-state index is 4.81. The first-order valence-electron chi connectivity index (χ1n) is 7.01. The summed E-state index contributed by atoms with van der Waals surface area (Å²) in [4.78, 5) is 12.8. The van der Waals surface area contributed by atoms with Gasteiger partial charge < -0.3 is 4.98 Å². The van der Waals surface area contributed by atoms with Crippen LogP contribution in [0, 0.1) is 5.41 Å². The van der Waals surface area contributed by atoms with E-state index in [9.17, 15) is 0 Å². The van der Waals surface area contributed by atoms with Gasteiger partial charge in [0.2, 0.25) is 0 Å². The molecule has 0 fully saturated rings. The Balaban J connectivity index is 2.43. The zero-order valence-electron chi connectivity index (χ0n) is 13.0. The number of aromatic amines is 1. The lowest BCUT2D eigenvalue weighted by molar-refractivity contribution is 0.376. The number of hydrogen-bond donors (Lipinski definition) is 1. The zero-order chi connectivity index (χ0) is 14.3. The Morgan fingerprint density at radius 2 is 1.74 bits per heavy atom. The molecule has 0 aliphatic heterocycles. The van der Waals surface area contributed by atoms with Crippen molar-refractivity contribution < 1.29 is 0 Å². The number of nitrogens with one attached hydrogen (secondary N) is 1. The van der Waals surface area contributed by atoms with Crippen LogP contribution in [0.5, 0.6) is 0 Å². The number of rotatable bonds is 2. The molecule has 2 aromatic heterocycles. The van der Waals surface area contributed by atoms with Crippen molar-refractivity contribution in [1.29, 1.82) is 0 Å². The van der Waals surface area contributed by atoms with Crippen LogP contribution in [0.3, 0.4) is 0 Å². The third-order valence-corrected chi connectivity index (χ3v) is 3.26. The van der Waals surface area contributed by atoms with Crippen molar-refractivity contribution >= 4 is 11.0 Å². The molecule has 2 heterocycles. The van der Waals surface area contributed by atoms with Crippen LogP contribution in [0.4, 0.5) is 0 Å². The van der Waals surface area contributed by atoms with Crippen LogP contribution in [-0.4, -0.2) is 15.0 Å². The fourth-order valence-corrected chi connectivity index (χ4v) is 2.02. The number of H-pyrrole nitrogens is 1. The molecule has 0 aromatic carbocycles. The molecule has 3 nitrogen and oxygen atoms in total. The lowest BCUT2D eigenvalue weighted by atomic mass is 9.89. The van der Waals surface area contributed by atoms with Gasteiger partial charge in [0.1, 0.15) is 5.82 Å². The van der Waals surface area contributed by atoms with Gasteiger partial charge in [-0.25, -0.2) is 9.97 Å². The number of aryl methyl sites for hydroxylation is 1. The van der Waals surface area contributed by atoms with Crippen molar-refractivity contribution in [3.63, 3.8) is 0 Å². The number of aromatic nitrogens is 3. The van der Waals surface area contributed by atoms with Crippen LogP contribution in [0.25, 0.3) is 11.0 Å². The van der Waals surface area contributed by atoms with E-state index >= 15 is 0 Å². The highest BCUT2D eigenvalue weighted by molar-refractivity contribution is 5.77. The van der Waals surface area contributed by atoms with Crippen LogP contribution in [-0.2, 0) is 11.8 Å². The highest BCUT2D eigenvalue weighted by Crippen LogP contribution is 2.26. The molecule has 19 heavy (non-hydrogen) atoms. The van der Waals surface area contributed by atoms with Crippen molar-refractivity contribution in [2.24, 2.45) is 5.41 Å². The summed E-state index contributed by atoms with van der Waals surface area (Å²) in [6.07, 6.45) is 4.07. The Hall–Kier alpha value is -1.38. The average molecular weight is 259 g/mol. The maximum Gasteiger partial charge on any atom is 0.134 e. The van der Waals surface area contributed by atoms with Crippen molar-refractivity contribution in [3.05, 3.63) is 23.8 Å². The number of nitrogens with zero attached hydrogens (tertiary/aromatic N) is 2. The summed E-state index contributed by atoms with van der Waals surface area (Å²) in [5.74, 6) is 0.934. The molecule has 0 bridgehead atoms. The monoisotopic (exact) mass is 259 g/mol. The summed E-state index contributed by atoms with van der Waals surface area (Å²) in [5, 5.41) is 0. The molecular weight excluding hydrogens is 234 g/mol. The van der Waals surface area contributed by atoms with E-state index in [1.165, 1.54) is 0 Å². The molecule has 0 radical (unpaired) electrons. The lowest BCUT2D eigenvalue weighted by Crippen LogP contribution is -2.18. The van der Waals surface area contributed by atoms with Crippen LogP contribution in [0.15, 0.2) is 12.3 Å². The van der Waals surface area contributed by atoms with Gasteiger partial charge in [-0.2, -0.15) is 0 Å². The van der Waals surface area contributed by atoms with E-state index in [0.29, 0.717) is 5.41 Å². The molecule has 0 spiro atoms. The SMILES string of the molecule is CC(C)(C)CCc1nc(C(C)(C)C)nc2cc[nH]c12. The Bertz CT molecular complexity index is 568. The number of fused-ring (bicyclic) bond motifs is 1. The molecule has 0 saturated heterocycles. The normalized spacial score (nSPS) is 13.2. The van der Waals surface area contributed by atoms with Gasteiger partial charge >= 0.3 is 0 Å². The van der Waals surface area contributed by atoms with E-state index in [4.69, 9.17) is 4.98 Å². The zero-order valence-corrected chi connectivity index (χ0v) is 13.0. The van der Waals surface area contributed by atoms with Gasteiger partial charge in [0.05, 0.1) is 16.7 Å². The summed E-state index contributed by atoms with van der Waals surface area (Å²) < 4.78 is 0. The molecule has 0 aliphatic rings. The molecular formula is C16H25N3. The highest BCUT2D eigenvalue weighted by Gasteiger charge is 2.21. The van der Waals surface area contributed by atoms with Crippen molar-refractivity contribution in [2.45, 2.75) is 59.8 Å². The highest BCUT2D eigenvalue weighted by atomic mass is 14.9. The minimum absolute atomic E-state index is 0.0120. The average Bonchev–Trinajstić information content (AvgIpc) is 2.71. The molecule has 0 saturated carbocycles. The minimum Gasteiger partial charge on any atom is -0.358 e. The van der Waals surface area contributed by atoms with Gasteiger partial charge in [0, 0.05) is 11.6 Å². The van der Waals surface area contributed by atoms with Gasteiger partial charge in [-0.1, -0.05) is 41.5 Å². The number of hydrogen-bond acceptors (Lipinski definition) is 2. The Labute approximate surface area is 115 Å². The first-order chi connectivity index (χ1) is 8.67. The molecule has 104 valence electrons. The smallest absolute Gasteiger partial charge is 0.134 e. The molecule has 3 heteroatoms. The molecule has 0 aliphatic carbocycles. The Morgan fingerprint density at radius 1 is 1.05 bits per heavy atom. The van der Waals surface area contributed by atoms with Crippen molar-refractivity contribution in [1.82, 2.24) is 15.0 Å². The van der Waals surface area contributed by atoms with Crippen LogP contribution >= 0.6 is 0 Å². The third kappa shape index (κ3) is 3.34. The minimum atomic E-state index is -0.0120. The Morgan fingerprint density at radius 3 is 2.32 bits per heavy atom. The van der Waals surface area contributed by atoms with Gasteiger partial charge in [-0.15, -0.1) is 0 Å². The van der Waals surface area contributed by atoms with E-state index < -0.39 is 0 Å². The largest absolute Gasteiger partial charge is 0.358 e. The van der Waals surface area contributed by atoms with E-state index in [1.54, 1.807) is 0 Å². The molecule has 2 rings (SSSR count). The molecule has 0 amide bonds. The van der Waals surface area contributed by atoms with E-state index in [1.807, 2.05) is 12.3 Å². The molecule has 2 aromatic rings. The standard InChI is InChI=1S/C16H25N3/c1-15(2,3)9-7-11-13-12(8-10-17-13)19-14(18-11)16(4,5)6/h8,10,17H,7,9H2,1-6H3. The Kier molecular flexibility index (Phi) is 3.41. The van der Waals surface area contributed by atoms with Gasteiger partial charge in [0.25, 0.3) is 0 Å². The van der Waals surface area contributed by atoms with Crippen LogP contribution < -0.4 is 0 Å². The van der Waals surface area contributed by atoms with Gasteiger partial charge in [-0.05, 0) is 24.3 Å². The third-order valence-electron chi connectivity index (χ3n) is 3.26. The first-order valence-corrected chi connectivity index (χ1v) is 7.01. The van der Waals surface area contributed by atoms with Crippen molar-refractivity contribution in [2.75, 3.05) is 0 Å².